The Morgan fingerprint density at radius 1 is 1.00 bits per heavy atom. The first-order valence-electron chi connectivity index (χ1n) is 5.77. The van der Waals surface area contributed by atoms with Crippen molar-refractivity contribution in [1.82, 2.24) is 0 Å². The molecule has 3 heteroatoms. The highest BCUT2D eigenvalue weighted by Crippen LogP contribution is 2.10. The number of hydrogen-bond acceptors (Lipinski definition) is 3. The fraction of sp³-hybridized carbons (Fsp3) is 1.00. The molecule has 0 saturated carbocycles. The van der Waals surface area contributed by atoms with Crippen LogP contribution in [0.3, 0.4) is 0 Å². The SMILES string of the molecule is CCCCCCCCC(OO)OCC. The Morgan fingerprint density at radius 2 is 1.64 bits per heavy atom. The first kappa shape index (κ1) is 13.9. The van der Waals surface area contributed by atoms with E-state index < -0.39 is 6.29 Å². The second-order valence-electron chi connectivity index (χ2n) is 3.55. The zero-order valence-corrected chi connectivity index (χ0v) is 9.50. The fourth-order valence-corrected chi connectivity index (χ4v) is 1.44. The topological polar surface area (TPSA) is 38.7 Å². The molecule has 0 rings (SSSR count). The van der Waals surface area contributed by atoms with Crippen molar-refractivity contribution in [2.24, 2.45) is 0 Å². The van der Waals surface area contributed by atoms with E-state index in [1.54, 1.807) is 0 Å². The van der Waals surface area contributed by atoms with Gasteiger partial charge in [-0.25, -0.2) is 10.1 Å². The monoisotopic (exact) mass is 204 g/mol. The molecule has 0 heterocycles. The van der Waals surface area contributed by atoms with E-state index in [2.05, 4.69) is 11.8 Å². The van der Waals surface area contributed by atoms with Crippen LogP contribution >= 0.6 is 0 Å². The van der Waals surface area contributed by atoms with Crippen molar-refractivity contribution in [3.8, 4) is 0 Å². The second kappa shape index (κ2) is 11.0. The summed E-state index contributed by atoms with van der Waals surface area (Å²) in [5.74, 6) is 0. The Balaban J connectivity index is 3.15. The van der Waals surface area contributed by atoms with Gasteiger partial charge in [0.15, 0.2) is 6.29 Å². The molecule has 3 nitrogen and oxygen atoms in total. The Morgan fingerprint density at radius 3 is 2.21 bits per heavy atom. The molecule has 0 aliphatic heterocycles. The molecule has 0 radical (unpaired) electrons. The summed E-state index contributed by atoms with van der Waals surface area (Å²) in [5.41, 5.74) is 0. The van der Waals surface area contributed by atoms with Crippen LogP contribution in [0.15, 0.2) is 0 Å². The highest BCUT2D eigenvalue weighted by atomic mass is 17.1. The molecule has 86 valence electrons. The zero-order chi connectivity index (χ0) is 10.6. The molecule has 0 fully saturated rings. The first-order valence-corrected chi connectivity index (χ1v) is 5.77. The van der Waals surface area contributed by atoms with E-state index in [0.717, 1.165) is 12.8 Å². The number of rotatable bonds is 10. The molecule has 0 aromatic carbocycles. The molecule has 1 atom stereocenters. The highest BCUT2D eigenvalue weighted by Gasteiger charge is 2.06. The van der Waals surface area contributed by atoms with Crippen molar-refractivity contribution in [2.45, 2.75) is 65.1 Å². The molecule has 0 saturated heterocycles. The smallest absolute Gasteiger partial charge is 0.190 e. The molecule has 14 heavy (non-hydrogen) atoms. The van der Waals surface area contributed by atoms with E-state index in [1.165, 1.54) is 32.1 Å². The van der Waals surface area contributed by atoms with E-state index in [0.29, 0.717) is 6.61 Å². The van der Waals surface area contributed by atoms with Gasteiger partial charge >= 0.3 is 0 Å². The van der Waals surface area contributed by atoms with Gasteiger partial charge in [-0.15, -0.1) is 0 Å². The van der Waals surface area contributed by atoms with Gasteiger partial charge in [-0.05, 0) is 13.3 Å². The van der Waals surface area contributed by atoms with E-state index in [4.69, 9.17) is 9.99 Å². The van der Waals surface area contributed by atoms with Gasteiger partial charge in [-0.1, -0.05) is 39.0 Å². The maximum atomic E-state index is 8.47. The van der Waals surface area contributed by atoms with Gasteiger partial charge < -0.3 is 4.74 Å². The van der Waals surface area contributed by atoms with Gasteiger partial charge in [0.1, 0.15) is 0 Å². The standard InChI is InChI=1S/C11H24O3/c1-3-5-6-7-8-9-10-11(14-12)13-4-2/h11-12H,3-10H2,1-2H3. The highest BCUT2D eigenvalue weighted by molar-refractivity contribution is 4.47. The van der Waals surface area contributed by atoms with Crippen LogP contribution in [-0.4, -0.2) is 18.2 Å². The Hall–Kier alpha value is -0.120. The third kappa shape index (κ3) is 8.48. The van der Waals surface area contributed by atoms with Crippen molar-refractivity contribution in [1.29, 1.82) is 0 Å². The molecular formula is C11H24O3. The summed E-state index contributed by atoms with van der Waals surface area (Å²) in [6, 6.07) is 0. The minimum Gasteiger partial charge on any atom is -0.350 e. The molecule has 1 unspecified atom stereocenters. The van der Waals surface area contributed by atoms with E-state index >= 15 is 0 Å². The van der Waals surface area contributed by atoms with Crippen LogP contribution in [0.5, 0.6) is 0 Å². The predicted molar refractivity (Wildman–Crippen MR) is 57.1 cm³/mol. The van der Waals surface area contributed by atoms with Crippen LogP contribution in [0.4, 0.5) is 0 Å². The molecular weight excluding hydrogens is 180 g/mol. The molecule has 0 aliphatic carbocycles. The van der Waals surface area contributed by atoms with Gasteiger partial charge in [0.25, 0.3) is 0 Å². The summed E-state index contributed by atoms with van der Waals surface area (Å²) < 4.78 is 5.15. The minimum atomic E-state index is -0.425. The van der Waals surface area contributed by atoms with Crippen molar-refractivity contribution in [2.75, 3.05) is 6.61 Å². The van der Waals surface area contributed by atoms with Crippen LogP contribution in [0.2, 0.25) is 0 Å². The van der Waals surface area contributed by atoms with Crippen molar-refractivity contribution in [3.05, 3.63) is 0 Å². The zero-order valence-electron chi connectivity index (χ0n) is 9.50. The lowest BCUT2D eigenvalue weighted by molar-refractivity contribution is -0.346. The molecule has 0 aromatic heterocycles. The second-order valence-corrected chi connectivity index (χ2v) is 3.55. The molecule has 0 spiro atoms. The number of hydrogen-bond donors (Lipinski definition) is 1. The Kier molecular flexibility index (Phi) is 10.9. The van der Waals surface area contributed by atoms with Crippen LogP contribution < -0.4 is 0 Å². The quantitative estimate of drug-likeness (QED) is 0.256. The van der Waals surface area contributed by atoms with Gasteiger partial charge in [0.05, 0.1) is 0 Å². The van der Waals surface area contributed by atoms with E-state index in [9.17, 15) is 0 Å². The average Bonchev–Trinajstić information content (AvgIpc) is 2.21. The Bertz CT molecular complexity index is 107. The van der Waals surface area contributed by atoms with Crippen LogP contribution in [0.1, 0.15) is 58.8 Å². The normalized spacial score (nSPS) is 13.1. The number of unbranched alkanes of at least 4 members (excludes halogenated alkanes) is 5. The summed E-state index contributed by atoms with van der Waals surface area (Å²) in [6.07, 6.45) is 7.82. The van der Waals surface area contributed by atoms with Gasteiger partial charge in [-0.2, -0.15) is 0 Å². The average molecular weight is 204 g/mol. The van der Waals surface area contributed by atoms with Gasteiger partial charge in [0, 0.05) is 13.0 Å². The largest absolute Gasteiger partial charge is 0.350 e. The van der Waals surface area contributed by atoms with Crippen LogP contribution in [0.25, 0.3) is 0 Å². The molecule has 0 amide bonds. The lowest BCUT2D eigenvalue weighted by Crippen LogP contribution is -2.15. The third-order valence-electron chi connectivity index (χ3n) is 2.26. The molecule has 0 aromatic rings. The summed E-state index contributed by atoms with van der Waals surface area (Å²) in [6.45, 7) is 4.69. The lowest BCUT2D eigenvalue weighted by Gasteiger charge is -2.12. The summed E-state index contributed by atoms with van der Waals surface area (Å²) >= 11 is 0. The fourth-order valence-electron chi connectivity index (χ4n) is 1.44. The summed E-state index contributed by atoms with van der Waals surface area (Å²) in [5, 5.41) is 8.47. The number of ether oxygens (including phenoxy) is 1. The third-order valence-corrected chi connectivity index (χ3v) is 2.26. The maximum absolute atomic E-state index is 8.47. The first-order chi connectivity index (χ1) is 6.85. The predicted octanol–water partition coefficient (Wildman–Crippen LogP) is 3.59. The molecule has 0 aliphatic rings. The van der Waals surface area contributed by atoms with E-state index in [1.807, 2.05) is 6.92 Å². The van der Waals surface area contributed by atoms with Crippen LogP contribution in [-0.2, 0) is 9.62 Å². The van der Waals surface area contributed by atoms with Crippen LogP contribution in [0, 0.1) is 0 Å². The summed E-state index contributed by atoms with van der Waals surface area (Å²) in [4.78, 5) is 4.20. The summed E-state index contributed by atoms with van der Waals surface area (Å²) in [7, 11) is 0. The van der Waals surface area contributed by atoms with Crippen molar-refractivity contribution >= 4 is 0 Å². The van der Waals surface area contributed by atoms with Gasteiger partial charge in [-0.3, -0.25) is 0 Å². The van der Waals surface area contributed by atoms with Crippen molar-refractivity contribution < 1.29 is 14.9 Å². The molecule has 0 bridgehead atoms. The van der Waals surface area contributed by atoms with Gasteiger partial charge in [0.2, 0.25) is 0 Å². The minimum absolute atomic E-state index is 0.425. The Labute approximate surface area is 87.3 Å². The van der Waals surface area contributed by atoms with Crippen molar-refractivity contribution in [3.63, 3.8) is 0 Å². The maximum Gasteiger partial charge on any atom is 0.190 e. The van der Waals surface area contributed by atoms with E-state index in [-0.39, 0.29) is 0 Å². The lowest BCUT2D eigenvalue weighted by atomic mass is 10.1. The molecule has 1 N–H and O–H groups in total.